The zero-order valence-corrected chi connectivity index (χ0v) is 12.7. The molecule has 8 heteroatoms. The van der Waals surface area contributed by atoms with Crippen molar-refractivity contribution in [2.45, 2.75) is 0 Å². The van der Waals surface area contributed by atoms with Crippen LogP contribution in [0.2, 0.25) is 0 Å². The third-order valence-corrected chi connectivity index (χ3v) is 3.52. The summed E-state index contributed by atoms with van der Waals surface area (Å²) in [6.45, 7) is 2.85. The maximum atomic E-state index is 11.7. The van der Waals surface area contributed by atoms with Gasteiger partial charge in [-0.3, -0.25) is 5.32 Å². The second-order valence-corrected chi connectivity index (χ2v) is 5.09. The minimum absolute atomic E-state index is 0.120. The van der Waals surface area contributed by atoms with Crippen molar-refractivity contribution >= 4 is 28.7 Å². The fourth-order valence-corrected chi connectivity index (χ4v) is 2.45. The van der Waals surface area contributed by atoms with Crippen LogP contribution in [0.1, 0.15) is 0 Å². The molecule has 1 fully saturated rings. The Morgan fingerprint density at radius 2 is 2.04 bits per heavy atom. The van der Waals surface area contributed by atoms with Gasteiger partial charge in [0.25, 0.3) is 0 Å². The van der Waals surface area contributed by atoms with Crippen molar-refractivity contribution in [2.24, 2.45) is 0 Å². The van der Waals surface area contributed by atoms with Gasteiger partial charge < -0.3 is 20.1 Å². The molecule has 0 bridgehead atoms. The van der Waals surface area contributed by atoms with E-state index >= 15 is 0 Å². The predicted molar refractivity (Wildman–Crippen MR) is 86.7 cm³/mol. The number of aliphatic hydroxyl groups is 1. The van der Waals surface area contributed by atoms with Crippen molar-refractivity contribution in [3.63, 3.8) is 0 Å². The van der Waals surface area contributed by atoms with Crippen molar-refractivity contribution in [2.75, 3.05) is 49.7 Å². The summed E-state index contributed by atoms with van der Waals surface area (Å²) < 4.78 is 5.38. The minimum Gasteiger partial charge on any atom is -0.395 e. The number of morpholine rings is 1. The second-order valence-electron chi connectivity index (χ2n) is 5.09. The molecule has 0 spiro atoms. The maximum absolute atomic E-state index is 11.7. The molecule has 3 N–H and O–H groups in total. The summed E-state index contributed by atoms with van der Waals surface area (Å²) in [5.74, 6) is 1.02. The normalized spacial score (nSPS) is 14.7. The number of hydrogen-bond acceptors (Lipinski definition) is 6. The molecule has 1 saturated heterocycles. The molecule has 0 radical (unpaired) electrons. The zero-order chi connectivity index (χ0) is 16.1. The highest BCUT2D eigenvalue weighted by molar-refractivity contribution is 5.93. The van der Waals surface area contributed by atoms with Crippen LogP contribution in [0.3, 0.4) is 0 Å². The van der Waals surface area contributed by atoms with Crippen molar-refractivity contribution in [1.29, 1.82) is 0 Å². The Bertz CT molecular complexity index is 688. The van der Waals surface area contributed by atoms with Gasteiger partial charge in [0.1, 0.15) is 5.82 Å². The highest BCUT2D eigenvalue weighted by Gasteiger charge is 2.17. The number of fused-ring (bicyclic) bond motifs is 1. The number of rotatable bonds is 4. The minimum atomic E-state index is -0.442. The number of aromatic nitrogens is 2. The molecule has 1 aliphatic rings. The van der Waals surface area contributed by atoms with E-state index in [1.165, 1.54) is 0 Å². The molecule has 3 rings (SSSR count). The molecule has 122 valence electrons. The molecule has 23 heavy (non-hydrogen) atoms. The van der Waals surface area contributed by atoms with E-state index in [0.717, 1.165) is 29.8 Å². The molecule has 2 aromatic rings. The van der Waals surface area contributed by atoms with E-state index in [9.17, 15) is 4.79 Å². The van der Waals surface area contributed by atoms with E-state index in [4.69, 9.17) is 9.84 Å². The lowest BCUT2D eigenvalue weighted by atomic mass is 10.2. The number of carbonyl (C=O) groups excluding carboxylic acids is 1. The molecule has 8 nitrogen and oxygen atoms in total. The quantitative estimate of drug-likeness (QED) is 0.763. The smallest absolute Gasteiger partial charge is 0.321 e. The van der Waals surface area contributed by atoms with Gasteiger partial charge in [-0.25, -0.2) is 9.78 Å². The van der Waals surface area contributed by atoms with Crippen LogP contribution in [-0.4, -0.2) is 60.6 Å². The largest absolute Gasteiger partial charge is 0.395 e. The number of nitrogens with zero attached hydrogens (tertiary/aromatic N) is 3. The average molecular weight is 317 g/mol. The fourth-order valence-electron chi connectivity index (χ4n) is 2.45. The van der Waals surface area contributed by atoms with Crippen molar-refractivity contribution < 1.29 is 14.6 Å². The van der Waals surface area contributed by atoms with E-state index in [0.29, 0.717) is 13.2 Å². The number of hydrogen-bond donors (Lipinski definition) is 3. The summed E-state index contributed by atoms with van der Waals surface area (Å²) in [5.41, 5.74) is 0.765. The first-order valence-corrected chi connectivity index (χ1v) is 7.53. The van der Waals surface area contributed by atoms with E-state index < -0.39 is 6.03 Å². The van der Waals surface area contributed by atoms with Crippen molar-refractivity contribution in [3.05, 3.63) is 24.3 Å². The molecular weight excluding hydrogens is 298 g/mol. The molecule has 1 aliphatic heterocycles. The Hall–Kier alpha value is -2.45. The number of amides is 2. The van der Waals surface area contributed by atoms with Crippen LogP contribution in [0, 0.1) is 0 Å². The Kier molecular flexibility index (Phi) is 4.84. The number of carbonyl (C=O) groups is 1. The Morgan fingerprint density at radius 3 is 2.83 bits per heavy atom. The van der Waals surface area contributed by atoms with Gasteiger partial charge in [-0.1, -0.05) is 12.1 Å². The third-order valence-electron chi connectivity index (χ3n) is 3.52. The monoisotopic (exact) mass is 317 g/mol. The number of aliphatic hydroxyl groups excluding tert-OH is 1. The van der Waals surface area contributed by atoms with E-state index in [1.54, 1.807) is 0 Å². The molecule has 0 atom stereocenters. The summed E-state index contributed by atoms with van der Waals surface area (Å²) >= 11 is 0. The molecule has 0 aliphatic carbocycles. The number of urea groups is 1. The fraction of sp³-hybridized carbons (Fsp3) is 0.400. The number of para-hydroxylation sites is 1. The van der Waals surface area contributed by atoms with Gasteiger partial charge in [0.2, 0.25) is 5.95 Å². The first kappa shape index (κ1) is 15.4. The van der Waals surface area contributed by atoms with Crippen LogP contribution >= 0.6 is 0 Å². The summed E-state index contributed by atoms with van der Waals surface area (Å²) in [6.07, 6.45) is 0. The molecule has 2 amide bonds. The van der Waals surface area contributed by atoms with Crippen LogP contribution in [0.5, 0.6) is 0 Å². The summed E-state index contributed by atoms with van der Waals surface area (Å²) in [5, 5.41) is 14.8. The molecule has 0 saturated carbocycles. The number of benzene rings is 1. The van der Waals surface area contributed by atoms with Gasteiger partial charge in [0, 0.05) is 25.0 Å². The van der Waals surface area contributed by atoms with Gasteiger partial charge in [0.05, 0.1) is 25.3 Å². The first-order chi connectivity index (χ1) is 11.3. The van der Waals surface area contributed by atoms with Crippen molar-refractivity contribution in [1.82, 2.24) is 15.3 Å². The van der Waals surface area contributed by atoms with Gasteiger partial charge in [-0.15, -0.1) is 0 Å². The van der Waals surface area contributed by atoms with Gasteiger partial charge in [0.15, 0.2) is 0 Å². The summed E-state index contributed by atoms with van der Waals surface area (Å²) in [6, 6.07) is 7.25. The van der Waals surface area contributed by atoms with Crippen LogP contribution in [-0.2, 0) is 4.74 Å². The van der Waals surface area contributed by atoms with Crippen LogP contribution in [0.4, 0.5) is 16.6 Å². The lowest BCUT2D eigenvalue weighted by molar-refractivity contribution is 0.122. The maximum Gasteiger partial charge on any atom is 0.321 e. The van der Waals surface area contributed by atoms with E-state index in [2.05, 4.69) is 25.5 Å². The van der Waals surface area contributed by atoms with Crippen LogP contribution in [0.25, 0.3) is 10.9 Å². The predicted octanol–water partition coefficient (Wildman–Crippen LogP) is 0.580. The SMILES string of the molecule is O=C(NCCO)Nc1nc(N2CCOCC2)c2ccccc2n1. The number of nitrogens with one attached hydrogen (secondary N) is 2. The van der Waals surface area contributed by atoms with Gasteiger partial charge >= 0.3 is 6.03 Å². The lowest BCUT2D eigenvalue weighted by Gasteiger charge is -2.28. The summed E-state index contributed by atoms with van der Waals surface area (Å²) in [7, 11) is 0. The highest BCUT2D eigenvalue weighted by Crippen LogP contribution is 2.25. The van der Waals surface area contributed by atoms with Crippen molar-refractivity contribution in [3.8, 4) is 0 Å². The highest BCUT2D eigenvalue weighted by atomic mass is 16.5. The number of ether oxygens (including phenoxy) is 1. The lowest BCUT2D eigenvalue weighted by Crippen LogP contribution is -2.37. The zero-order valence-electron chi connectivity index (χ0n) is 12.7. The summed E-state index contributed by atoms with van der Waals surface area (Å²) in [4.78, 5) is 22.8. The van der Waals surface area contributed by atoms with Gasteiger partial charge in [-0.2, -0.15) is 4.98 Å². The molecule has 1 aromatic heterocycles. The van der Waals surface area contributed by atoms with E-state index in [1.807, 2.05) is 24.3 Å². The Balaban J connectivity index is 1.91. The Morgan fingerprint density at radius 1 is 1.26 bits per heavy atom. The molecule has 1 aromatic carbocycles. The topological polar surface area (TPSA) is 99.6 Å². The average Bonchev–Trinajstić information content (AvgIpc) is 2.60. The van der Waals surface area contributed by atoms with Crippen LogP contribution in [0.15, 0.2) is 24.3 Å². The van der Waals surface area contributed by atoms with Crippen LogP contribution < -0.4 is 15.5 Å². The molecular formula is C15H19N5O3. The van der Waals surface area contributed by atoms with E-state index in [-0.39, 0.29) is 19.1 Å². The molecule has 0 unspecified atom stereocenters. The van der Waals surface area contributed by atoms with Gasteiger partial charge in [-0.05, 0) is 12.1 Å². The first-order valence-electron chi connectivity index (χ1n) is 7.53. The third kappa shape index (κ3) is 3.66. The Labute approximate surface area is 133 Å². The standard InChI is InChI=1S/C15H19N5O3/c21-8-5-16-15(22)19-14-17-12-4-2-1-3-11(12)13(18-14)20-6-9-23-10-7-20/h1-4,21H,5-10H2,(H2,16,17,18,19,22). The molecule has 2 heterocycles. The second kappa shape index (κ2) is 7.21. The number of anilines is 2.